The smallest absolute Gasteiger partial charge is 0.161 e. The maximum atomic E-state index is 9.90. The van der Waals surface area contributed by atoms with Gasteiger partial charge in [0, 0.05) is 10.9 Å². The first-order valence-corrected chi connectivity index (χ1v) is 6.00. The van der Waals surface area contributed by atoms with E-state index in [1.807, 2.05) is 12.1 Å². The van der Waals surface area contributed by atoms with Gasteiger partial charge in [0.25, 0.3) is 0 Å². The Bertz CT molecular complexity index is 399. The molecule has 0 radical (unpaired) electrons. The highest BCUT2D eigenvalue weighted by molar-refractivity contribution is 9.10. The van der Waals surface area contributed by atoms with E-state index in [2.05, 4.69) is 15.9 Å². The summed E-state index contributed by atoms with van der Waals surface area (Å²) in [6.45, 7) is 0. The monoisotopic (exact) mass is 286 g/mol. The van der Waals surface area contributed by atoms with Crippen molar-refractivity contribution >= 4 is 15.9 Å². The Morgan fingerprint density at radius 1 is 1.25 bits per heavy atom. The van der Waals surface area contributed by atoms with Crippen molar-refractivity contribution in [2.45, 2.75) is 24.9 Å². The Labute approximate surface area is 104 Å². The molecule has 1 aliphatic rings. The second-order valence-electron chi connectivity index (χ2n) is 4.20. The van der Waals surface area contributed by atoms with Crippen LogP contribution in [0.5, 0.6) is 11.5 Å². The Kier molecular flexibility index (Phi) is 3.13. The van der Waals surface area contributed by atoms with Gasteiger partial charge in [-0.05, 0) is 30.5 Å². The fourth-order valence-electron chi connectivity index (χ4n) is 1.71. The highest BCUT2D eigenvalue weighted by Crippen LogP contribution is 2.42. The molecule has 0 spiro atoms. The predicted octanol–water partition coefficient (Wildman–Crippen LogP) is 2.53. The molecule has 0 heterocycles. The number of hydrogen-bond acceptors (Lipinski definition) is 3. The van der Waals surface area contributed by atoms with Crippen LogP contribution >= 0.6 is 15.9 Å². The zero-order chi connectivity index (χ0) is 11.8. The Hall–Kier alpha value is -0.740. The molecule has 1 aromatic rings. The summed E-state index contributed by atoms with van der Waals surface area (Å²) in [6, 6.07) is 3.79. The third-order valence-corrected chi connectivity index (χ3v) is 3.64. The fourth-order valence-corrected chi connectivity index (χ4v) is 2.17. The standard InChI is InChI=1S/C12H15BrO3/c1-15-10-5-8(7-12(14)3-4-12)9(13)6-11(10)16-2/h5-6,14H,3-4,7H2,1-2H3. The molecule has 0 unspecified atom stereocenters. The summed E-state index contributed by atoms with van der Waals surface area (Å²) in [4.78, 5) is 0. The van der Waals surface area contributed by atoms with Crippen LogP contribution in [0.2, 0.25) is 0 Å². The van der Waals surface area contributed by atoms with Gasteiger partial charge in [-0.15, -0.1) is 0 Å². The molecule has 1 saturated carbocycles. The van der Waals surface area contributed by atoms with E-state index >= 15 is 0 Å². The summed E-state index contributed by atoms with van der Waals surface area (Å²) in [7, 11) is 3.22. The molecule has 0 aromatic heterocycles. The van der Waals surface area contributed by atoms with Gasteiger partial charge in [-0.1, -0.05) is 15.9 Å². The third-order valence-electron chi connectivity index (χ3n) is 2.90. The van der Waals surface area contributed by atoms with E-state index in [4.69, 9.17) is 9.47 Å². The third kappa shape index (κ3) is 2.33. The van der Waals surface area contributed by atoms with Crippen LogP contribution in [0.15, 0.2) is 16.6 Å². The average Bonchev–Trinajstić information content (AvgIpc) is 2.99. The van der Waals surface area contributed by atoms with E-state index in [1.54, 1.807) is 14.2 Å². The van der Waals surface area contributed by atoms with Crippen molar-refractivity contribution in [1.82, 2.24) is 0 Å². The van der Waals surface area contributed by atoms with Gasteiger partial charge < -0.3 is 14.6 Å². The van der Waals surface area contributed by atoms with Gasteiger partial charge in [0.15, 0.2) is 11.5 Å². The maximum absolute atomic E-state index is 9.90. The number of methoxy groups -OCH3 is 2. The fraction of sp³-hybridized carbons (Fsp3) is 0.500. The quantitative estimate of drug-likeness (QED) is 0.925. The second kappa shape index (κ2) is 4.26. The summed E-state index contributed by atoms with van der Waals surface area (Å²) >= 11 is 3.49. The first-order chi connectivity index (χ1) is 7.58. The van der Waals surface area contributed by atoms with Crippen LogP contribution in [0.4, 0.5) is 0 Å². The molecule has 1 fully saturated rings. The zero-order valence-electron chi connectivity index (χ0n) is 9.42. The second-order valence-corrected chi connectivity index (χ2v) is 5.05. The molecule has 0 bridgehead atoms. The van der Waals surface area contributed by atoms with Crippen LogP contribution in [0.3, 0.4) is 0 Å². The summed E-state index contributed by atoms with van der Waals surface area (Å²) < 4.78 is 11.4. The van der Waals surface area contributed by atoms with Crippen LogP contribution in [0.25, 0.3) is 0 Å². The molecule has 4 heteroatoms. The molecular weight excluding hydrogens is 272 g/mol. The highest BCUT2D eigenvalue weighted by Gasteiger charge is 2.40. The predicted molar refractivity (Wildman–Crippen MR) is 65.1 cm³/mol. The molecule has 0 saturated heterocycles. The van der Waals surface area contributed by atoms with Crippen molar-refractivity contribution < 1.29 is 14.6 Å². The number of halogens is 1. The van der Waals surface area contributed by atoms with Crippen molar-refractivity contribution in [2.24, 2.45) is 0 Å². The Balaban J connectivity index is 2.30. The average molecular weight is 287 g/mol. The number of ether oxygens (including phenoxy) is 2. The van der Waals surface area contributed by atoms with Crippen LogP contribution in [-0.4, -0.2) is 24.9 Å². The van der Waals surface area contributed by atoms with Crippen LogP contribution in [-0.2, 0) is 6.42 Å². The van der Waals surface area contributed by atoms with Gasteiger partial charge >= 0.3 is 0 Å². The molecule has 16 heavy (non-hydrogen) atoms. The minimum Gasteiger partial charge on any atom is -0.493 e. The molecule has 1 N–H and O–H groups in total. The Morgan fingerprint density at radius 3 is 2.31 bits per heavy atom. The van der Waals surface area contributed by atoms with E-state index in [0.29, 0.717) is 17.9 Å². The minimum absolute atomic E-state index is 0.498. The lowest BCUT2D eigenvalue weighted by atomic mass is 10.1. The van der Waals surface area contributed by atoms with E-state index in [1.165, 1.54) is 0 Å². The maximum Gasteiger partial charge on any atom is 0.161 e. The number of rotatable bonds is 4. The summed E-state index contributed by atoms with van der Waals surface area (Å²) in [6.07, 6.45) is 2.43. The van der Waals surface area contributed by atoms with Crippen molar-refractivity contribution in [3.05, 3.63) is 22.2 Å². The largest absolute Gasteiger partial charge is 0.493 e. The van der Waals surface area contributed by atoms with Gasteiger partial charge in [-0.3, -0.25) is 0 Å². The Morgan fingerprint density at radius 2 is 1.81 bits per heavy atom. The van der Waals surface area contributed by atoms with Gasteiger partial charge in [-0.25, -0.2) is 0 Å². The van der Waals surface area contributed by atoms with Gasteiger partial charge in [0.05, 0.1) is 19.8 Å². The number of hydrogen-bond donors (Lipinski definition) is 1. The van der Waals surface area contributed by atoms with Crippen molar-refractivity contribution in [1.29, 1.82) is 0 Å². The molecule has 2 rings (SSSR count). The SMILES string of the molecule is COc1cc(Br)c(CC2(O)CC2)cc1OC. The molecule has 1 aliphatic carbocycles. The minimum atomic E-state index is -0.498. The van der Waals surface area contributed by atoms with Crippen LogP contribution < -0.4 is 9.47 Å². The molecule has 0 amide bonds. The van der Waals surface area contributed by atoms with E-state index < -0.39 is 5.60 Å². The van der Waals surface area contributed by atoms with E-state index in [9.17, 15) is 5.11 Å². The molecule has 3 nitrogen and oxygen atoms in total. The first-order valence-electron chi connectivity index (χ1n) is 5.21. The topological polar surface area (TPSA) is 38.7 Å². The van der Waals surface area contributed by atoms with Crippen LogP contribution in [0, 0.1) is 0 Å². The molecule has 0 atom stereocenters. The van der Waals surface area contributed by atoms with Crippen molar-refractivity contribution in [3.8, 4) is 11.5 Å². The lowest BCUT2D eigenvalue weighted by Crippen LogP contribution is -2.11. The van der Waals surface area contributed by atoms with Gasteiger partial charge in [-0.2, -0.15) is 0 Å². The summed E-state index contributed by atoms with van der Waals surface area (Å²) in [5.74, 6) is 1.39. The normalized spacial score (nSPS) is 17.0. The molecule has 1 aromatic carbocycles. The number of benzene rings is 1. The van der Waals surface area contributed by atoms with Crippen molar-refractivity contribution in [2.75, 3.05) is 14.2 Å². The van der Waals surface area contributed by atoms with E-state index in [0.717, 1.165) is 22.9 Å². The molecule has 0 aliphatic heterocycles. The molecular formula is C12H15BrO3. The lowest BCUT2D eigenvalue weighted by molar-refractivity contribution is 0.150. The highest BCUT2D eigenvalue weighted by atomic mass is 79.9. The molecule has 88 valence electrons. The van der Waals surface area contributed by atoms with Crippen LogP contribution in [0.1, 0.15) is 18.4 Å². The summed E-state index contributed by atoms with van der Waals surface area (Å²) in [5, 5.41) is 9.90. The van der Waals surface area contributed by atoms with Gasteiger partial charge in [0.2, 0.25) is 0 Å². The van der Waals surface area contributed by atoms with Crippen molar-refractivity contribution in [3.63, 3.8) is 0 Å². The lowest BCUT2D eigenvalue weighted by Gasteiger charge is -2.14. The summed E-state index contributed by atoms with van der Waals surface area (Å²) in [5.41, 5.74) is 0.555. The van der Waals surface area contributed by atoms with E-state index in [-0.39, 0.29) is 0 Å². The first kappa shape index (κ1) is 11.7. The van der Waals surface area contributed by atoms with Gasteiger partial charge in [0.1, 0.15) is 0 Å². The zero-order valence-corrected chi connectivity index (χ0v) is 11.0. The number of aliphatic hydroxyl groups is 1.